The average molecular weight is 293 g/mol. The van der Waals surface area contributed by atoms with E-state index in [4.69, 9.17) is 5.73 Å². The normalized spacial score (nSPS) is 11.2. The fraction of sp³-hybridized carbons (Fsp3) is 0.462. The van der Waals surface area contributed by atoms with E-state index in [1.807, 2.05) is 14.1 Å². The largest absolute Gasteiger partial charge is 0.396 e. The lowest BCUT2D eigenvalue weighted by atomic mass is 10.3. The molecule has 0 radical (unpaired) electrons. The summed E-state index contributed by atoms with van der Waals surface area (Å²) in [7, 11) is 4.08. The van der Waals surface area contributed by atoms with E-state index in [0.717, 1.165) is 19.4 Å². The first-order valence-corrected chi connectivity index (χ1v) is 7.33. The first-order valence-electron chi connectivity index (χ1n) is 6.51. The number of nitrogens with one attached hydrogen (secondary N) is 1. The molecular weight excluding hydrogens is 274 g/mol. The summed E-state index contributed by atoms with van der Waals surface area (Å²) in [6.45, 7) is 1.68. The van der Waals surface area contributed by atoms with Gasteiger partial charge in [-0.25, -0.2) is 9.97 Å². The van der Waals surface area contributed by atoms with Crippen molar-refractivity contribution in [2.75, 3.05) is 32.9 Å². The van der Waals surface area contributed by atoms with Gasteiger partial charge in [0.25, 0.3) is 5.91 Å². The van der Waals surface area contributed by atoms with E-state index in [9.17, 15) is 4.79 Å². The summed E-state index contributed by atoms with van der Waals surface area (Å²) >= 11 is 1.28. The Morgan fingerprint density at radius 3 is 2.80 bits per heavy atom. The second-order valence-corrected chi connectivity index (χ2v) is 5.82. The van der Waals surface area contributed by atoms with Gasteiger partial charge in [0.05, 0.1) is 5.69 Å². The average Bonchev–Trinajstić information content (AvgIpc) is 2.76. The number of nitrogens with two attached hydrogens (primary N) is 1. The maximum atomic E-state index is 12.1. The SMILES string of the molecule is CN(C)CCCCNC(=O)c1sc2nccnc2c1N. The van der Waals surface area contributed by atoms with Gasteiger partial charge in [-0.15, -0.1) is 11.3 Å². The zero-order valence-corrected chi connectivity index (χ0v) is 12.5. The summed E-state index contributed by atoms with van der Waals surface area (Å²) in [5.74, 6) is -0.142. The molecule has 108 valence electrons. The van der Waals surface area contributed by atoms with Crippen LogP contribution in [-0.2, 0) is 0 Å². The fourth-order valence-electron chi connectivity index (χ4n) is 1.85. The van der Waals surface area contributed by atoms with Crippen molar-refractivity contribution >= 4 is 33.3 Å². The minimum Gasteiger partial charge on any atom is -0.396 e. The summed E-state index contributed by atoms with van der Waals surface area (Å²) in [4.78, 5) is 23.7. The Bertz CT molecular complexity index is 595. The molecule has 2 heterocycles. The van der Waals surface area contributed by atoms with Crippen molar-refractivity contribution < 1.29 is 4.79 Å². The first-order chi connectivity index (χ1) is 9.59. The fourth-order valence-corrected chi connectivity index (χ4v) is 2.79. The predicted molar refractivity (Wildman–Crippen MR) is 81.9 cm³/mol. The molecule has 2 aromatic heterocycles. The van der Waals surface area contributed by atoms with Crippen molar-refractivity contribution in [3.05, 3.63) is 17.3 Å². The summed E-state index contributed by atoms with van der Waals surface area (Å²) < 4.78 is 0. The summed E-state index contributed by atoms with van der Waals surface area (Å²) in [5, 5.41) is 2.89. The minimum absolute atomic E-state index is 0.142. The molecule has 0 atom stereocenters. The van der Waals surface area contributed by atoms with Gasteiger partial charge in [-0.05, 0) is 33.5 Å². The van der Waals surface area contributed by atoms with Gasteiger partial charge in [0.15, 0.2) is 0 Å². The molecule has 6 nitrogen and oxygen atoms in total. The van der Waals surface area contributed by atoms with Crippen LogP contribution in [0.1, 0.15) is 22.5 Å². The maximum absolute atomic E-state index is 12.1. The molecular formula is C13H19N5OS. The van der Waals surface area contributed by atoms with Crippen LogP contribution in [0.4, 0.5) is 5.69 Å². The molecule has 0 unspecified atom stereocenters. The third-order valence-corrected chi connectivity index (χ3v) is 3.99. The van der Waals surface area contributed by atoms with E-state index in [1.165, 1.54) is 11.3 Å². The Morgan fingerprint density at radius 1 is 1.35 bits per heavy atom. The van der Waals surface area contributed by atoms with Crippen LogP contribution < -0.4 is 11.1 Å². The van der Waals surface area contributed by atoms with Crippen molar-refractivity contribution in [3.63, 3.8) is 0 Å². The van der Waals surface area contributed by atoms with E-state index >= 15 is 0 Å². The Labute approximate surface area is 122 Å². The molecule has 0 fully saturated rings. The van der Waals surface area contributed by atoms with E-state index in [2.05, 4.69) is 20.2 Å². The first kappa shape index (κ1) is 14.7. The van der Waals surface area contributed by atoms with Crippen molar-refractivity contribution in [1.29, 1.82) is 0 Å². The maximum Gasteiger partial charge on any atom is 0.263 e. The lowest BCUT2D eigenvalue weighted by Crippen LogP contribution is -2.25. The number of nitrogen functional groups attached to an aromatic ring is 1. The Balaban J connectivity index is 1.93. The summed E-state index contributed by atoms with van der Waals surface area (Å²) in [5.41, 5.74) is 6.98. The number of amides is 1. The molecule has 3 N–H and O–H groups in total. The number of hydrogen-bond acceptors (Lipinski definition) is 6. The molecule has 2 rings (SSSR count). The number of anilines is 1. The lowest BCUT2D eigenvalue weighted by molar-refractivity contribution is 0.0957. The van der Waals surface area contributed by atoms with Crippen LogP contribution >= 0.6 is 11.3 Å². The Morgan fingerprint density at radius 2 is 2.10 bits per heavy atom. The second kappa shape index (κ2) is 6.62. The Kier molecular flexibility index (Phi) is 4.86. The number of unbranched alkanes of at least 4 members (excludes halogenated alkanes) is 1. The molecule has 0 aliphatic rings. The van der Waals surface area contributed by atoms with Crippen LogP contribution in [0.3, 0.4) is 0 Å². The molecule has 0 bridgehead atoms. The number of hydrogen-bond donors (Lipinski definition) is 2. The van der Waals surface area contributed by atoms with Crippen LogP contribution in [0.2, 0.25) is 0 Å². The van der Waals surface area contributed by atoms with Gasteiger partial charge in [0.2, 0.25) is 0 Å². The van der Waals surface area contributed by atoms with E-state index in [1.54, 1.807) is 12.4 Å². The van der Waals surface area contributed by atoms with Crippen molar-refractivity contribution in [3.8, 4) is 0 Å². The van der Waals surface area contributed by atoms with Gasteiger partial charge in [0.1, 0.15) is 15.2 Å². The van der Waals surface area contributed by atoms with Gasteiger partial charge >= 0.3 is 0 Å². The zero-order valence-electron chi connectivity index (χ0n) is 11.7. The van der Waals surface area contributed by atoms with Gasteiger partial charge in [-0.3, -0.25) is 4.79 Å². The molecule has 2 aromatic rings. The number of fused-ring (bicyclic) bond motifs is 1. The molecule has 0 aliphatic carbocycles. The minimum atomic E-state index is -0.142. The number of nitrogens with zero attached hydrogens (tertiary/aromatic N) is 3. The second-order valence-electron chi connectivity index (χ2n) is 4.82. The lowest BCUT2D eigenvalue weighted by Gasteiger charge is -2.09. The highest BCUT2D eigenvalue weighted by Gasteiger charge is 2.17. The Hall–Kier alpha value is -1.73. The molecule has 1 amide bonds. The van der Waals surface area contributed by atoms with E-state index in [-0.39, 0.29) is 5.91 Å². The molecule has 0 spiro atoms. The standard InChI is InChI=1S/C13H19N5OS/c1-18(2)8-4-3-5-16-12(19)11-9(14)10-13(20-11)17-7-6-15-10/h6-7H,3-5,8,14H2,1-2H3,(H,16,19). The van der Waals surface area contributed by atoms with E-state index < -0.39 is 0 Å². The predicted octanol–water partition coefficient (Wildman–Crippen LogP) is 1.35. The van der Waals surface area contributed by atoms with Crippen molar-refractivity contribution in [1.82, 2.24) is 20.2 Å². The molecule has 0 saturated carbocycles. The third kappa shape index (κ3) is 3.43. The number of carbonyl (C=O) groups excluding carboxylic acids is 1. The molecule has 0 saturated heterocycles. The highest BCUT2D eigenvalue weighted by molar-refractivity contribution is 7.21. The topological polar surface area (TPSA) is 84.1 Å². The van der Waals surface area contributed by atoms with Gasteiger partial charge in [-0.1, -0.05) is 0 Å². The van der Waals surface area contributed by atoms with Crippen LogP contribution in [0.25, 0.3) is 10.3 Å². The van der Waals surface area contributed by atoms with Gasteiger partial charge in [0, 0.05) is 18.9 Å². The highest BCUT2D eigenvalue weighted by atomic mass is 32.1. The molecule has 7 heteroatoms. The molecule has 0 aromatic carbocycles. The van der Waals surface area contributed by atoms with Crippen LogP contribution in [0, 0.1) is 0 Å². The quantitative estimate of drug-likeness (QED) is 0.785. The van der Waals surface area contributed by atoms with Crippen molar-refractivity contribution in [2.45, 2.75) is 12.8 Å². The van der Waals surface area contributed by atoms with Gasteiger partial charge < -0.3 is 16.0 Å². The number of rotatable bonds is 6. The zero-order chi connectivity index (χ0) is 14.5. The molecule has 20 heavy (non-hydrogen) atoms. The smallest absolute Gasteiger partial charge is 0.263 e. The van der Waals surface area contributed by atoms with Gasteiger partial charge in [-0.2, -0.15) is 0 Å². The van der Waals surface area contributed by atoms with Crippen LogP contribution in [0.15, 0.2) is 12.4 Å². The molecule has 0 aliphatic heterocycles. The number of carbonyl (C=O) groups is 1. The third-order valence-electron chi connectivity index (χ3n) is 2.89. The van der Waals surface area contributed by atoms with E-state index in [0.29, 0.717) is 27.5 Å². The summed E-state index contributed by atoms with van der Waals surface area (Å²) in [6.07, 6.45) is 5.18. The van der Waals surface area contributed by atoms with Crippen molar-refractivity contribution in [2.24, 2.45) is 0 Å². The highest BCUT2D eigenvalue weighted by Crippen LogP contribution is 2.30. The number of aromatic nitrogens is 2. The van der Waals surface area contributed by atoms with Crippen LogP contribution in [0.5, 0.6) is 0 Å². The monoisotopic (exact) mass is 293 g/mol. The number of thiophene rings is 1. The van der Waals surface area contributed by atoms with Crippen LogP contribution in [-0.4, -0.2) is 48.0 Å². The summed E-state index contributed by atoms with van der Waals surface area (Å²) in [6, 6.07) is 0.